The zero-order valence-corrected chi connectivity index (χ0v) is 18.3. The SMILES string of the molecule is CC(=O)NCCNC(=O)CSc1nc(NC(=O)c2ccccc2)c2c(C)c(C)oc2n1. The molecule has 10 heteroatoms. The second-order valence-electron chi connectivity index (χ2n) is 6.76. The minimum absolute atomic E-state index is 0.0797. The van der Waals surface area contributed by atoms with E-state index in [2.05, 4.69) is 25.9 Å². The molecule has 0 unspecified atom stereocenters. The smallest absolute Gasteiger partial charge is 0.256 e. The number of nitrogens with one attached hydrogen (secondary N) is 3. The second kappa shape index (κ2) is 10.1. The van der Waals surface area contributed by atoms with Gasteiger partial charge < -0.3 is 20.4 Å². The normalized spacial score (nSPS) is 10.7. The van der Waals surface area contributed by atoms with Crippen molar-refractivity contribution in [2.45, 2.75) is 25.9 Å². The van der Waals surface area contributed by atoms with Crippen molar-refractivity contribution in [1.82, 2.24) is 20.6 Å². The average Bonchev–Trinajstić information content (AvgIpc) is 3.04. The molecule has 0 spiro atoms. The van der Waals surface area contributed by atoms with Gasteiger partial charge in [0.25, 0.3) is 5.91 Å². The van der Waals surface area contributed by atoms with Crippen molar-refractivity contribution in [2.24, 2.45) is 0 Å². The number of benzene rings is 1. The first-order valence-corrected chi connectivity index (χ1v) is 10.6. The molecule has 0 radical (unpaired) electrons. The van der Waals surface area contributed by atoms with Gasteiger partial charge in [-0.1, -0.05) is 30.0 Å². The number of fused-ring (bicyclic) bond motifs is 1. The maximum Gasteiger partial charge on any atom is 0.256 e. The molecule has 1 aromatic carbocycles. The molecule has 0 aliphatic rings. The topological polar surface area (TPSA) is 126 Å². The molecule has 0 atom stereocenters. The van der Waals surface area contributed by atoms with Crippen LogP contribution in [0.25, 0.3) is 11.1 Å². The van der Waals surface area contributed by atoms with Crippen molar-refractivity contribution in [1.29, 1.82) is 0 Å². The average molecular weight is 442 g/mol. The second-order valence-corrected chi connectivity index (χ2v) is 7.70. The Kier molecular flexibility index (Phi) is 7.24. The number of rotatable bonds is 8. The van der Waals surface area contributed by atoms with E-state index >= 15 is 0 Å². The third-order valence-electron chi connectivity index (χ3n) is 4.43. The minimum Gasteiger partial charge on any atom is -0.443 e. The van der Waals surface area contributed by atoms with Gasteiger partial charge in [-0.15, -0.1) is 0 Å². The number of thioether (sulfide) groups is 1. The quantitative estimate of drug-likeness (QED) is 0.278. The van der Waals surface area contributed by atoms with Gasteiger partial charge in [0.15, 0.2) is 5.16 Å². The summed E-state index contributed by atoms with van der Waals surface area (Å²) in [6.07, 6.45) is 0. The third-order valence-corrected chi connectivity index (χ3v) is 5.28. The van der Waals surface area contributed by atoms with E-state index in [1.165, 1.54) is 6.92 Å². The van der Waals surface area contributed by atoms with Crippen LogP contribution in [0.15, 0.2) is 39.9 Å². The van der Waals surface area contributed by atoms with Gasteiger partial charge in [-0.05, 0) is 26.0 Å². The van der Waals surface area contributed by atoms with E-state index in [4.69, 9.17) is 4.42 Å². The van der Waals surface area contributed by atoms with Gasteiger partial charge in [-0.2, -0.15) is 4.98 Å². The van der Waals surface area contributed by atoms with Gasteiger partial charge in [-0.25, -0.2) is 4.98 Å². The molecular formula is C21H23N5O4S. The molecule has 3 aromatic rings. The number of carbonyl (C=O) groups excluding carboxylic acids is 3. The van der Waals surface area contributed by atoms with Gasteiger partial charge in [0.2, 0.25) is 17.5 Å². The Hall–Kier alpha value is -3.40. The molecule has 3 N–H and O–H groups in total. The van der Waals surface area contributed by atoms with Crippen LogP contribution in [-0.4, -0.2) is 46.5 Å². The Morgan fingerprint density at radius 2 is 1.74 bits per heavy atom. The standard InChI is InChI=1S/C21H23N5O4S/c1-12-13(2)30-20-17(12)18(24-19(29)15-7-5-4-6-8-15)25-21(26-20)31-11-16(28)23-10-9-22-14(3)27/h4-8H,9-11H2,1-3H3,(H,22,27)(H,23,28)(H,24,25,26,29). The summed E-state index contributed by atoms with van der Waals surface area (Å²) >= 11 is 1.13. The van der Waals surface area contributed by atoms with Gasteiger partial charge in [0.05, 0.1) is 11.1 Å². The molecule has 0 aliphatic heterocycles. The lowest BCUT2D eigenvalue weighted by molar-refractivity contribution is -0.120. The number of hydrogen-bond donors (Lipinski definition) is 3. The van der Waals surface area contributed by atoms with E-state index in [0.29, 0.717) is 46.5 Å². The summed E-state index contributed by atoms with van der Waals surface area (Å²) in [6, 6.07) is 8.82. The maximum atomic E-state index is 12.6. The molecule has 3 amide bonds. The van der Waals surface area contributed by atoms with Gasteiger partial charge in [0, 0.05) is 31.1 Å². The lowest BCUT2D eigenvalue weighted by Gasteiger charge is -2.08. The fourth-order valence-electron chi connectivity index (χ4n) is 2.78. The van der Waals surface area contributed by atoms with Gasteiger partial charge in [-0.3, -0.25) is 14.4 Å². The number of carbonyl (C=O) groups is 3. The predicted octanol–water partition coefficient (Wildman–Crippen LogP) is 2.44. The minimum atomic E-state index is -0.300. The van der Waals surface area contributed by atoms with Crippen LogP contribution in [0.5, 0.6) is 0 Å². The number of aryl methyl sites for hydroxylation is 2. The van der Waals surface area contributed by atoms with Crippen LogP contribution in [0.2, 0.25) is 0 Å². The Balaban J connectivity index is 1.74. The van der Waals surface area contributed by atoms with Crippen LogP contribution < -0.4 is 16.0 Å². The van der Waals surface area contributed by atoms with Gasteiger partial charge >= 0.3 is 0 Å². The molecule has 31 heavy (non-hydrogen) atoms. The number of furan rings is 1. The molecule has 0 saturated carbocycles. The Morgan fingerprint density at radius 3 is 2.45 bits per heavy atom. The van der Waals surface area contributed by atoms with E-state index in [1.54, 1.807) is 24.3 Å². The summed E-state index contributed by atoms with van der Waals surface area (Å²) < 4.78 is 5.72. The molecule has 0 saturated heterocycles. The lowest BCUT2D eigenvalue weighted by atomic mass is 10.2. The van der Waals surface area contributed by atoms with Gasteiger partial charge in [0.1, 0.15) is 11.6 Å². The number of amides is 3. The summed E-state index contributed by atoms with van der Waals surface area (Å²) in [4.78, 5) is 44.4. The highest BCUT2D eigenvalue weighted by Crippen LogP contribution is 2.31. The van der Waals surface area contributed by atoms with E-state index < -0.39 is 0 Å². The monoisotopic (exact) mass is 441 g/mol. The molecule has 0 bridgehead atoms. The third kappa shape index (κ3) is 5.82. The van der Waals surface area contributed by atoms with E-state index in [9.17, 15) is 14.4 Å². The Bertz CT molecular complexity index is 1110. The van der Waals surface area contributed by atoms with Crippen molar-refractivity contribution < 1.29 is 18.8 Å². The van der Waals surface area contributed by atoms with Crippen LogP contribution in [0, 0.1) is 13.8 Å². The highest BCUT2D eigenvalue weighted by atomic mass is 32.2. The zero-order valence-electron chi connectivity index (χ0n) is 17.4. The van der Waals surface area contributed by atoms with Crippen molar-refractivity contribution in [3.63, 3.8) is 0 Å². The number of hydrogen-bond acceptors (Lipinski definition) is 7. The van der Waals surface area contributed by atoms with Crippen molar-refractivity contribution in [2.75, 3.05) is 24.2 Å². The van der Waals surface area contributed by atoms with Crippen LogP contribution in [0.4, 0.5) is 5.82 Å². The maximum absolute atomic E-state index is 12.6. The van der Waals surface area contributed by atoms with Crippen LogP contribution in [0.1, 0.15) is 28.6 Å². The van der Waals surface area contributed by atoms with Crippen LogP contribution >= 0.6 is 11.8 Å². The van der Waals surface area contributed by atoms with Crippen LogP contribution in [0.3, 0.4) is 0 Å². The highest BCUT2D eigenvalue weighted by Gasteiger charge is 2.19. The van der Waals surface area contributed by atoms with Crippen molar-refractivity contribution >= 4 is 46.4 Å². The largest absolute Gasteiger partial charge is 0.443 e. The number of aromatic nitrogens is 2. The Labute approximate surface area is 183 Å². The lowest BCUT2D eigenvalue weighted by Crippen LogP contribution is -2.34. The number of anilines is 1. The molecule has 0 fully saturated rings. The number of nitrogens with zero attached hydrogens (tertiary/aromatic N) is 2. The molecule has 2 heterocycles. The molecule has 0 aliphatic carbocycles. The summed E-state index contributed by atoms with van der Waals surface area (Å²) in [7, 11) is 0. The first kappa shape index (κ1) is 22.3. The van der Waals surface area contributed by atoms with E-state index in [-0.39, 0.29) is 23.5 Å². The predicted molar refractivity (Wildman–Crippen MR) is 118 cm³/mol. The van der Waals surface area contributed by atoms with Crippen molar-refractivity contribution in [3.8, 4) is 0 Å². The summed E-state index contributed by atoms with van der Waals surface area (Å²) in [5, 5.41) is 9.08. The highest BCUT2D eigenvalue weighted by molar-refractivity contribution is 7.99. The van der Waals surface area contributed by atoms with E-state index in [1.807, 2.05) is 19.9 Å². The molecule has 2 aromatic heterocycles. The Morgan fingerprint density at radius 1 is 1.03 bits per heavy atom. The van der Waals surface area contributed by atoms with E-state index in [0.717, 1.165) is 17.3 Å². The van der Waals surface area contributed by atoms with Crippen LogP contribution in [-0.2, 0) is 9.59 Å². The summed E-state index contributed by atoms with van der Waals surface area (Å²) in [5.41, 5.74) is 1.69. The molecular weight excluding hydrogens is 418 g/mol. The first-order chi connectivity index (χ1) is 14.8. The molecule has 9 nitrogen and oxygen atoms in total. The first-order valence-electron chi connectivity index (χ1n) is 9.63. The molecule has 3 rings (SSSR count). The fraction of sp³-hybridized carbons (Fsp3) is 0.286. The summed E-state index contributed by atoms with van der Waals surface area (Å²) in [5.74, 6) is 0.417. The van der Waals surface area contributed by atoms with Crippen molar-refractivity contribution in [3.05, 3.63) is 47.2 Å². The zero-order chi connectivity index (χ0) is 22.4. The summed E-state index contributed by atoms with van der Waals surface area (Å²) in [6.45, 7) is 5.78. The fourth-order valence-corrected chi connectivity index (χ4v) is 3.44. The molecule has 162 valence electrons.